The molecular formula is C12H15Cl2NO4S2. The summed E-state index contributed by atoms with van der Waals surface area (Å²) in [6.45, 7) is -0.312. The van der Waals surface area contributed by atoms with Crippen LogP contribution >= 0.6 is 34.5 Å². The van der Waals surface area contributed by atoms with Crippen molar-refractivity contribution in [3.63, 3.8) is 0 Å². The van der Waals surface area contributed by atoms with E-state index in [9.17, 15) is 13.2 Å². The molecule has 1 aromatic rings. The predicted octanol–water partition coefficient (Wildman–Crippen LogP) is 3.16. The van der Waals surface area contributed by atoms with Gasteiger partial charge in [0.2, 0.25) is 10.0 Å². The van der Waals surface area contributed by atoms with Crippen LogP contribution in [0.4, 0.5) is 0 Å². The molecule has 1 aromatic heterocycles. The average molecular weight is 372 g/mol. The van der Waals surface area contributed by atoms with Crippen LogP contribution < -0.4 is 0 Å². The fraction of sp³-hybridized carbons (Fsp3) is 0.583. The second-order valence-electron chi connectivity index (χ2n) is 4.75. The number of rotatable bonds is 5. The first-order valence-corrected chi connectivity index (χ1v) is 9.41. The second-order valence-corrected chi connectivity index (χ2v) is 8.90. The Balaban J connectivity index is 2.38. The maximum Gasteiger partial charge on any atom is 0.321 e. The van der Waals surface area contributed by atoms with Crippen molar-refractivity contribution in [2.75, 3.05) is 13.7 Å². The molecule has 0 radical (unpaired) electrons. The van der Waals surface area contributed by atoms with Gasteiger partial charge in [-0.15, -0.1) is 11.3 Å². The number of esters is 1. The number of sulfonamides is 1. The van der Waals surface area contributed by atoms with Gasteiger partial charge in [0.1, 0.15) is 15.8 Å². The topological polar surface area (TPSA) is 63.7 Å². The SMILES string of the molecule is COC(=O)CN(C1CCCC1)S(=O)(=O)c1cc(Cl)sc1Cl. The molecule has 5 nitrogen and oxygen atoms in total. The Hall–Kier alpha value is -0.340. The molecular weight excluding hydrogens is 357 g/mol. The minimum Gasteiger partial charge on any atom is -0.468 e. The fourth-order valence-corrected chi connectivity index (χ4v) is 6.17. The normalized spacial score (nSPS) is 16.6. The van der Waals surface area contributed by atoms with Crippen LogP contribution in [0.5, 0.6) is 0 Å². The molecule has 0 unspecified atom stereocenters. The largest absolute Gasteiger partial charge is 0.468 e. The van der Waals surface area contributed by atoms with Crippen LogP contribution in [0.3, 0.4) is 0 Å². The molecule has 118 valence electrons. The summed E-state index contributed by atoms with van der Waals surface area (Å²) in [6.07, 6.45) is 3.34. The van der Waals surface area contributed by atoms with Crippen molar-refractivity contribution in [2.24, 2.45) is 0 Å². The van der Waals surface area contributed by atoms with Crippen LogP contribution in [-0.2, 0) is 19.6 Å². The lowest BCUT2D eigenvalue weighted by molar-refractivity contribution is -0.141. The number of hydrogen-bond acceptors (Lipinski definition) is 5. The van der Waals surface area contributed by atoms with Gasteiger partial charge in [0, 0.05) is 6.04 Å². The van der Waals surface area contributed by atoms with Crippen molar-refractivity contribution in [2.45, 2.75) is 36.6 Å². The Labute approximate surface area is 137 Å². The molecule has 2 rings (SSSR count). The van der Waals surface area contributed by atoms with E-state index >= 15 is 0 Å². The van der Waals surface area contributed by atoms with Gasteiger partial charge in [0.25, 0.3) is 0 Å². The molecule has 9 heteroatoms. The van der Waals surface area contributed by atoms with Crippen LogP contribution in [-0.4, -0.2) is 38.4 Å². The first kappa shape index (κ1) is 17.0. The zero-order chi connectivity index (χ0) is 15.6. The average Bonchev–Trinajstić information content (AvgIpc) is 3.05. The van der Waals surface area contributed by atoms with E-state index in [4.69, 9.17) is 23.2 Å². The van der Waals surface area contributed by atoms with Crippen LogP contribution in [0, 0.1) is 0 Å². The van der Waals surface area contributed by atoms with Crippen molar-refractivity contribution in [1.82, 2.24) is 4.31 Å². The van der Waals surface area contributed by atoms with E-state index in [0.717, 1.165) is 37.0 Å². The lowest BCUT2D eigenvalue weighted by atomic mass is 10.2. The van der Waals surface area contributed by atoms with Gasteiger partial charge >= 0.3 is 5.97 Å². The van der Waals surface area contributed by atoms with Crippen molar-refractivity contribution >= 4 is 50.5 Å². The minimum atomic E-state index is -3.87. The minimum absolute atomic E-state index is 0.0463. The van der Waals surface area contributed by atoms with Gasteiger partial charge in [-0.1, -0.05) is 36.0 Å². The summed E-state index contributed by atoms with van der Waals surface area (Å²) in [7, 11) is -2.64. The van der Waals surface area contributed by atoms with Gasteiger partial charge in [-0.2, -0.15) is 4.31 Å². The van der Waals surface area contributed by atoms with Crippen molar-refractivity contribution in [1.29, 1.82) is 0 Å². The van der Waals surface area contributed by atoms with Crippen molar-refractivity contribution in [3.05, 3.63) is 14.7 Å². The Morgan fingerprint density at radius 3 is 2.52 bits per heavy atom. The molecule has 1 heterocycles. The number of thiophene rings is 1. The second kappa shape index (κ2) is 6.83. The molecule has 1 aliphatic rings. The Morgan fingerprint density at radius 1 is 1.43 bits per heavy atom. The standard InChI is InChI=1S/C12H15Cl2NO4S2/c1-19-11(16)7-15(8-4-2-3-5-8)21(17,18)9-6-10(13)20-12(9)14/h6,8H,2-5,7H2,1H3. The van der Waals surface area contributed by atoms with E-state index in [1.54, 1.807) is 0 Å². The number of carbonyl (C=O) groups is 1. The van der Waals surface area contributed by atoms with Crippen LogP contribution in [0.2, 0.25) is 8.67 Å². The summed E-state index contributed by atoms with van der Waals surface area (Å²) >= 11 is 12.8. The van der Waals surface area contributed by atoms with Gasteiger partial charge in [-0.3, -0.25) is 4.79 Å². The van der Waals surface area contributed by atoms with Gasteiger partial charge in [-0.25, -0.2) is 8.42 Å². The molecule has 0 aromatic carbocycles. The van der Waals surface area contributed by atoms with E-state index < -0.39 is 16.0 Å². The first-order chi connectivity index (χ1) is 9.86. The molecule has 1 aliphatic carbocycles. The summed E-state index contributed by atoms with van der Waals surface area (Å²) in [6, 6.07) is 1.12. The Morgan fingerprint density at radius 2 is 2.05 bits per heavy atom. The van der Waals surface area contributed by atoms with Crippen LogP contribution in [0.1, 0.15) is 25.7 Å². The van der Waals surface area contributed by atoms with E-state index in [-0.39, 0.29) is 21.8 Å². The maximum absolute atomic E-state index is 12.8. The number of nitrogens with zero attached hydrogens (tertiary/aromatic N) is 1. The third kappa shape index (κ3) is 3.71. The number of ether oxygens (including phenoxy) is 1. The molecule has 0 amide bonds. The first-order valence-electron chi connectivity index (χ1n) is 6.39. The van der Waals surface area contributed by atoms with Gasteiger partial charge in [0.05, 0.1) is 11.4 Å². The smallest absolute Gasteiger partial charge is 0.321 e. The molecule has 0 bridgehead atoms. The molecule has 0 N–H and O–H groups in total. The Bertz CT molecular complexity index is 623. The number of carbonyl (C=O) groups excluding carboxylic acids is 1. The predicted molar refractivity (Wildman–Crippen MR) is 82.5 cm³/mol. The summed E-state index contributed by atoms with van der Waals surface area (Å²) in [5, 5.41) is 0. The molecule has 1 saturated carbocycles. The van der Waals surface area contributed by atoms with Crippen LogP contribution in [0.15, 0.2) is 11.0 Å². The summed E-state index contributed by atoms with van der Waals surface area (Å²) < 4.78 is 31.8. The highest BCUT2D eigenvalue weighted by Gasteiger charge is 2.36. The fourth-order valence-electron chi connectivity index (χ4n) is 2.42. The van der Waals surface area contributed by atoms with Crippen LogP contribution in [0.25, 0.3) is 0 Å². The third-order valence-electron chi connectivity index (χ3n) is 3.46. The summed E-state index contributed by atoms with van der Waals surface area (Å²) in [4.78, 5) is 11.5. The van der Waals surface area contributed by atoms with E-state index in [0.29, 0.717) is 4.34 Å². The Kier molecular flexibility index (Phi) is 5.54. The highest BCUT2D eigenvalue weighted by molar-refractivity contribution is 7.89. The molecule has 21 heavy (non-hydrogen) atoms. The molecule has 0 atom stereocenters. The molecule has 0 saturated heterocycles. The summed E-state index contributed by atoms with van der Waals surface area (Å²) in [5.74, 6) is -0.595. The van der Waals surface area contributed by atoms with E-state index in [1.807, 2.05) is 0 Å². The lowest BCUT2D eigenvalue weighted by Crippen LogP contribution is -2.42. The highest BCUT2D eigenvalue weighted by Crippen LogP contribution is 2.37. The molecule has 0 aliphatic heterocycles. The zero-order valence-corrected chi connectivity index (χ0v) is 14.5. The van der Waals surface area contributed by atoms with Gasteiger partial charge in [-0.05, 0) is 18.9 Å². The zero-order valence-electron chi connectivity index (χ0n) is 11.3. The molecule has 0 spiro atoms. The number of hydrogen-bond donors (Lipinski definition) is 0. The quantitative estimate of drug-likeness (QED) is 0.745. The van der Waals surface area contributed by atoms with Gasteiger partial charge in [0.15, 0.2) is 0 Å². The van der Waals surface area contributed by atoms with Crippen molar-refractivity contribution < 1.29 is 17.9 Å². The molecule has 1 fully saturated rings. The third-order valence-corrected chi connectivity index (χ3v) is 7.11. The van der Waals surface area contributed by atoms with E-state index in [1.165, 1.54) is 17.5 Å². The number of halogens is 2. The van der Waals surface area contributed by atoms with E-state index in [2.05, 4.69) is 4.74 Å². The van der Waals surface area contributed by atoms with Gasteiger partial charge < -0.3 is 4.74 Å². The maximum atomic E-state index is 12.8. The summed E-state index contributed by atoms with van der Waals surface area (Å²) in [5.41, 5.74) is 0. The monoisotopic (exact) mass is 371 g/mol. The number of methoxy groups -OCH3 is 1. The lowest BCUT2D eigenvalue weighted by Gasteiger charge is -2.26. The van der Waals surface area contributed by atoms with Crippen molar-refractivity contribution in [3.8, 4) is 0 Å². The highest BCUT2D eigenvalue weighted by atomic mass is 35.5.